The molecule has 0 amide bonds. The minimum atomic E-state index is -4.97. The summed E-state index contributed by atoms with van der Waals surface area (Å²) in [6.07, 6.45) is -8.23. The molecule has 10 heteroatoms. The maximum atomic E-state index is 13.2. The van der Waals surface area contributed by atoms with Crippen molar-refractivity contribution in [3.8, 4) is 5.69 Å². The van der Waals surface area contributed by atoms with Crippen molar-refractivity contribution in [2.24, 2.45) is 0 Å². The van der Waals surface area contributed by atoms with Crippen molar-refractivity contribution in [1.29, 1.82) is 0 Å². The number of rotatable bonds is 2. The molecule has 0 aliphatic rings. The van der Waals surface area contributed by atoms with Crippen LogP contribution in [0.25, 0.3) is 16.7 Å². The topological polar surface area (TPSA) is 69.6 Å². The Morgan fingerprint density at radius 1 is 1.12 bits per heavy atom. The summed E-state index contributed by atoms with van der Waals surface area (Å²) < 4.78 is 65.9. The molecule has 25 heavy (non-hydrogen) atoms. The first-order valence-corrected chi connectivity index (χ1v) is 6.67. The zero-order valence-electron chi connectivity index (χ0n) is 12.1. The molecule has 0 unspecified atom stereocenters. The predicted molar refractivity (Wildman–Crippen MR) is 82.5 cm³/mol. The maximum Gasteiger partial charge on any atom is 0.451 e. The van der Waals surface area contributed by atoms with Crippen molar-refractivity contribution in [2.45, 2.75) is 27.0 Å². The maximum absolute atomic E-state index is 13.2. The molecule has 5 nitrogen and oxygen atoms in total. The Bertz CT molecular complexity index is 917. The number of anilines is 1. The Hall–Kier alpha value is -2.78. The lowest BCUT2D eigenvalue weighted by Crippen LogP contribution is -2.13. The summed E-state index contributed by atoms with van der Waals surface area (Å²) in [5.74, 6) is -1.93. The highest BCUT2D eigenvalue weighted by atomic mass is 19.4. The Balaban J connectivity index is 0.00000225. The van der Waals surface area contributed by atoms with Gasteiger partial charge >= 0.3 is 6.18 Å². The third kappa shape index (κ3) is 3.11. The number of nitrogens with two attached hydrogens (primary N) is 1. The molecule has 0 spiro atoms. The van der Waals surface area contributed by atoms with E-state index in [2.05, 4.69) is 15.1 Å². The fourth-order valence-corrected chi connectivity index (χ4v) is 2.31. The molecule has 0 saturated carbocycles. The minimum Gasteiger partial charge on any atom is -0.383 e. The second-order valence-corrected chi connectivity index (χ2v) is 5.01. The number of fused-ring (bicyclic) bond motifs is 1. The molecule has 2 N–H and O–H groups in total. The van der Waals surface area contributed by atoms with Gasteiger partial charge in [-0.2, -0.15) is 13.2 Å². The van der Waals surface area contributed by atoms with E-state index in [9.17, 15) is 22.0 Å². The van der Waals surface area contributed by atoms with Crippen LogP contribution in [0.2, 0.25) is 0 Å². The summed E-state index contributed by atoms with van der Waals surface area (Å²) in [5, 5.41) is 3.48. The first-order valence-electron chi connectivity index (χ1n) is 6.67. The van der Waals surface area contributed by atoms with E-state index < -0.39 is 29.8 Å². The number of nitrogens with zero attached hydrogens (tertiary/aromatic N) is 4. The molecular weight excluding hydrogens is 345 g/mol. The van der Waals surface area contributed by atoms with Gasteiger partial charge in [-0.1, -0.05) is 25.6 Å². The zero-order valence-corrected chi connectivity index (χ0v) is 12.1. The fraction of sp³-hybridized carbons (Fsp3) is 0.267. The standard InChI is InChI=1S/C14H10F5N5.CH4/c1-6-4-2-3-5-7(6)24-11(20)8-9(10(15)16)21-13(14(17,18)19)22-12(8)23-24;/h2-5,10H,20H2,1H3;1H4. The SMILES string of the molecule is C.Cc1ccccc1-n1nc2nc(C(F)(F)F)nc(C(F)F)c2c1N. The van der Waals surface area contributed by atoms with Gasteiger partial charge in [0.2, 0.25) is 5.82 Å². The Labute approximate surface area is 139 Å². The molecule has 0 radical (unpaired) electrons. The molecule has 0 atom stereocenters. The van der Waals surface area contributed by atoms with E-state index in [1.807, 2.05) is 0 Å². The van der Waals surface area contributed by atoms with Gasteiger partial charge in [-0.15, -0.1) is 5.10 Å². The lowest BCUT2D eigenvalue weighted by Gasteiger charge is -2.08. The number of benzene rings is 1. The molecule has 134 valence electrons. The van der Waals surface area contributed by atoms with Crippen LogP contribution in [0.15, 0.2) is 24.3 Å². The van der Waals surface area contributed by atoms with Crippen LogP contribution in [-0.4, -0.2) is 19.7 Å². The van der Waals surface area contributed by atoms with E-state index in [0.29, 0.717) is 11.3 Å². The smallest absolute Gasteiger partial charge is 0.383 e. The summed E-state index contributed by atoms with van der Waals surface area (Å²) in [6.45, 7) is 1.72. The fourth-order valence-electron chi connectivity index (χ4n) is 2.31. The molecule has 3 aromatic rings. The van der Waals surface area contributed by atoms with Crippen LogP contribution in [0.1, 0.15) is 30.9 Å². The van der Waals surface area contributed by atoms with Gasteiger partial charge in [0.15, 0.2) is 5.65 Å². The number of hydrogen-bond donors (Lipinski definition) is 1. The molecule has 2 heterocycles. The number of halogens is 5. The molecule has 2 aromatic heterocycles. The zero-order chi connectivity index (χ0) is 17.6. The number of alkyl halides is 5. The summed E-state index contributed by atoms with van der Waals surface area (Å²) in [6, 6.07) is 6.74. The number of aromatic nitrogens is 4. The van der Waals surface area contributed by atoms with E-state index in [0.717, 1.165) is 4.68 Å². The summed E-state index contributed by atoms with van der Waals surface area (Å²) >= 11 is 0. The Kier molecular flexibility index (Phi) is 4.65. The highest BCUT2D eigenvalue weighted by molar-refractivity contribution is 5.89. The van der Waals surface area contributed by atoms with Crippen LogP contribution in [0.4, 0.5) is 27.8 Å². The van der Waals surface area contributed by atoms with Gasteiger partial charge in [-0.25, -0.2) is 23.4 Å². The number of nitrogen functional groups attached to an aromatic ring is 1. The van der Waals surface area contributed by atoms with Gasteiger partial charge in [0, 0.05) is 0 Å². The number of aryl methyl sites for hydroxylation is 1. The highest BCUT2D eigenvalue weighted by Crippen LogP contribution is 2.35. The van der Waals surface area contributed by atoms with E-state index in [1.165, 1.54) is 0 Å². The average molecular weight is 359 g/mol. The van der Waals surface area contributed by atoms with Crippen molar-refractivity contribution in [2.75, 3.05) is 5.73 Å². The van der Waals surface area contributed by atoms with Crippen molar-refractivity contribution < 1.29 is 22.0 Å². The minimum absolute atomic E-state index is 0. The third-order valence-electron chi connectivity index (χ3n) is 3.40. The van der Waals surface area contributed by atoms with Crippen LogP contribution in [-0.2, 0) is 6.18 Å². The lowest BCUT2D eigenvalue weighted by molar-refractivity contribution is -0.145. The molecule has 0 aliphatic heterocycles. The summed E-state index contributed by atoms with van der Waals surface area (Å²) in [7, 11) is 0. The van der Waals surface area contributed by atoms with Gasteiger partial charge in [-0.05, 0) is 18.6 Å². The normalized spacial score (nSPS) is 11.8. The van der Waals surface area contributed by atoms with E-state index >= 15 is 0 Å². The molecule has 1 aromatic carbocycles. The lowest BCUT2D eigenvalue weighted by atomic mass is 10.2. The molecule has 3 rings (SSSR count). The van der Waals surface area contributed by atoms with Crippen molar-refractivity contribution in [3.63, 3.8) is 0 Å². The van der Waals surface area contributed by atoms with Gasteiger partial charge in [0.05, 0.1) is 11.1 Å². The van der Waals surface area contributed by atoms with Crippen LogP contribution in [0.5, 0.6) is 0 Å². The highest BCUT2D eigenvalue weighted by Gasteiger charge is 2.37. The molecular formula is C15H14F5N5. The average Bonchev–Trinajstić information content (AvgIpc) is 2.83. The number of para-hydroxylation sites is 1. The predicted octanol–water partition coefficient (Wildman–Crippen LogP) is 4.30. The van der Waals surface area contributed by atoms with Gasteiger partial charge < -0.3 is 5.73 Å². The molecule has 0 aliphatic carbocycles. The first kappa shape index (κ1) is 18.6. The quantitative estimate of drug-likeness (QED) is 0.693. The monoisotopic (exact) mass is 359 g/mol. The largest absolute Gasteiger partial charge is 0.451 e. The van der Waals surface area contributed by atoms with Crippen molar-refractivity contribution in [1.82, 2.24) is 19.7 Å². The van der Waals surface area contributed by atoms with Gasteiger partial charge in [0.1, 0.15) is 11.5 Å². The summed E-state index contributed by atoms with van der Waals surface area (Å²) in [4.78, 5) is 6.19. The van der Waals surface area contributed by atoms with E-state index in [1.54, 1.807) is 31.2 Å². The third-order valence-corrected chi connectivity index (χ3v) is 3.40. The van der Waals surface area contributed by atoms with Crippen LogP contribution < -0.4 is 5.73 Å². The van der Waals surface area contributed by atoms with Crippen LogP contribution >= 0.6 is 0 Å². The molecule has 0 bridgehead atoms. The Morgan fingerprint density at radius 2 is 1.76 bits per heavy atom. The first-order chi connectivity index (χ1) is 11.2. The van der Waals surface area contributed by atoms with Gasteiger partial charge in [0.25, 0.3) is 6.43 Å². The van der Waals surface area contributed by atoms with Crippen molar-refractivity contribution >= 4 is 16.9 Å². The molecule has 0 saturated heterocycles. The van der Waals surface area contributed by atoms with E-state index in [4.69, 9.17) is 5.73 Å². The second kappa shape index (κ2) is 6.26. The van der Waals surface area contributed by atoms with E-state index in [-0.39, 0.29) is 18.6 Å². The van der Waals surface area contributed by atoms with Gasteiger partial charge in [-0.3, -0.25) is 0 Å². The van der Waals surface area contributed by atoms with Crippen molar-refractivity contribution in [3.05, 3.63) is 41.3 Å². The Morgan fingerprint density at radius 3 is 2.32 bits per heavy atom. The van der Waals surface area contributed by atoms with Crippen LogP contribution in [0.3, 0.4) is 0 Å². The molecule has 0 fully saturated rings. The summed E-state index contributed by atoms with van der Waals surface area (Å²) in [5.41, 5.74) is 5.37. The number of hydrogen-bond acceptors (Lipinski definition) is 4. The second-order valence-electron chi connectivity index (χ2n) is 5.01. The van der Waals surface area contributed by atoms with Crippen LogP contribution in [0, 0.1) is 6.92 Å².